The van der Waals surface area contributed by atoms with Gasteiger partial charge in [-0.3, -0.25) is 14.5 Å². The Morgan fingerprint density at radius 3 is 2.46 bits per heavy atom. The fourth-order valence-electron chi connectivity index (χ4n) is 13.2. The van der Waals surface area contributed by atoms with Crippen molar-refractivity contribution in [2.75, 3.05) is 53.0 Å². The molecule has 1 aromatic rings. The average Bonchev–Trinajstić information content (AvgIpc) is 3.63. The van der Waals surface area contributed by atoms with Gasteiger partial charge in [-0.1, -0.05) is 13.8 Å². The zero-order chi connectivity index (χ0) is 35.7. The molecule has 7 bridgehead atoms. The number of amides is 2. The number of fused-ring (bicyclic) bond motifs is 2. The molecule has 0 aromatic heterocycles. The smallest absolute Gasteiger partial charge is 0.340 e. The third kappa shape index (κ3) is 4.09. The van der Waals surface area contributed by atoms with Gasteiger partial charge in [0.15, 0.2) is 0 Å². The maximum absolute atomic E-state index is 14.2. The molecule has 14 atom stereocenters. The fourth-order valence-corrected chi connectivity index (χ4v) is 13.7. The third-order valence-electron chi connectivity index (χ3n) is 14.6. The molecule has 13 heteroatoms. The molecule has 274 valence electrons. The molecule has 2 amide bonds. The summed E-state index contributed by atoms with van der Waals surface area (Å²) in [5.41, 5.74) is -4.18. The van der Waals surface area contributed by atoms with Gasteiger partial charge in [-0.05, 0) is 72.5 Å². The number of nitrogens with zero attached hydrogens (tertiary/aromatic N) is 2. The van der Waals surface area contributed by atoms with Gasteiger partial charge in [0.25, 0.3) is 0 Å². The number of likely N-dealkylation sites (N-methyl/N-ethyl adjacent to an activating group) is 1. The van der Waals surface area contributed by atoms with E-state index in [-0.39, 0.29) is 84.5 Å². The van der Waals surface area contributed by atoms with Crippen LogP contribution >= 0.6 is 22.6 Å². The molecule has 2 aliphatic heterocycles. The summed E-state index contributed by atoms with van der Waals surface area (Å²) in [5, 5.41) is 26.6. The highest BCUT2D eigenvalue weighted by Gasteiger charge is 2.91. The molecule has 5 saturated carbocycles. The van der Waals surface area contributed by atoms with Crippen molar-refractivity contribution in [1.29, 1.82) is 0 Å². The average molecular weight is 807 g/mol. The number of imide groups is 1. The van der Waals surface area contributed by atoms with E-state index in [9.17, 15) is 24.6 Å². The van der Waals surface area contributed by atoms with Crippen molar-refractivity contribution >= 4 is 46.1 Å². The number of benzene rings is 1. The van der Waals surface area contributed by atoms with Gasteiger partial charge in [0.05, 0.1) is 48.3 Å². The van der Waals surface area contributed by atoms with Crippen molar-refractivity contribution in [3.8, 4) is 0 Å². The summed E-state index contributed by atoms with van der Waals surface area (Å²) in [7, 11) is 6.71. The zero-order valence-electron chi connectivity index (χ0n) is 29.6. The molecule has 0 unspecified atom stereocenters. The predicted molar refractivity (Wildman–Crippen MR) is 187 cm³/mol. The summed E-state index contributed by atoms with van der Waals surface area (Å²) >= 11 is 2.11. The van der Waals surface area contributed by atoms with Gasteiger partial charge < -0.3 is 33.9 Å². The number of aliphatic hydroxyl groups is 2. The van der Waals surface area contributed by atoms with Gasteiger partial charge >= 0.3 is 5.97 Å². The van der Waals surface area contributed by atoms with Crippen LogP contribution in [0.3, 0.4) is 0 Å². The molecule has 2 heterocycles. The highest BCUT2D eigenvalue weighted by atomic mass is 125. The molecule has 1 aromatic carbocycles. The lowest BCUT2D eigenvalue weighted by atomic mass is 9.42. The number of piperidine rings is 1. The van der Waals surface area contributed by atoms with Crippen LogP contribution in [0, 0.1) is 44.0 Å². The third-order valence-corrected chi connectivity index (χ3v) is 15.3. The number of carbonyl (C=O) groups is 3. The molecule has 1 spiro atoms. The second-order valence-corrected chi connectivity index (χ2v) is 17.3. The van der Waals surface area contributed by atoms with Crippen molar-refractivity contribution < 1.29 is 48.3 Å². The van der Waals surface area contributed by atoms with Gasteiger partial charge in [0.1, 0.15) is 11.2 Å². The van der Waals surface area contributed by atoms with E-state index >= 15 is 0 Å². The number of anilines is 1. The first kappa shape index (κ1) is 35.3. The minimum atomic E-state index is -1.70. The van der Waals surface area contributed by atoms with Gasteiger partial charge in [0, 0.05) is 85.9 Å². The lowest BCUT2D eigenvalue weighted by Crippen LogP contribution is -2.82. The van der Waals surface area contributed by atoms with Gasteiger partial charge in [0.2, 0.25) is 11.8 Å². The highest BCUT2D eigenvalue weighted by Crippen LogP contribution is 2.80. The molecule has 5 aliphatic carbocycles. The Hall–Kier alpha value is -1.72. The number of methoxy groups -OCH3 is 4. The lowest BCUT2D eigenvalue weighted by Gasteiger charge is -2.70. The Labute approximate surface area is 306 Å². The van der Waals surface area contributed by atoms with Crippen LogP contribution < -0.4 is 4.90 Å². The lowest BCUT2D eigenvalue weighted by molar-refractivity contribution is -0.320. The van der Waals surface area contributed by atoms with Crippen LogP contribution in [0.25, 0.3) is 0 Å². The molecule has 8 rings (SSSR count). The van der Waals surface area contributed by atoms with E-state index in [1.54, 1.807) is 53.6 Å². The van der Waals surface area contributed by atoms with Crippen LogP contribution in [0.5, 0.6) is 0 Å². The largest absolute Gasteiger partial charge is 0.461 e. The van der Waals surface area contributed by atoms with Crippen molar-refractivity contribution in [2.45, 2.75) is 87.6 Å². The topological polar surface area (TPSA) is 144 Å². The Morgan fingerprint density at radius 2 is 1.84 bits per heavy atom. The van der Waals surface area contributed by atoms with Crippen LogP contribution in [-0.4, -0.2) is 123 Å². The van der Waals surface area contributed by atoms with E-state index in [4.69, 9.17) is 23.7 Å². The summed E-state index contributed by atoms with van der Waals surface area (Å²) in [6.45, 7) is 4.95. The summed E-state index contributed by atoms with van der Waals surface area (Å²) in [4.78, 5) is 43.6. The van der Waals surface area contributed by atoms with Crippen LogP contribution in [-0.2, 0) is 33.3 Å². The number of hydrogen-bond donors (Lipinski definition) is 2. The van der Waals surface area contributed by atoms with Crippen LogP contribution in [0.1, 0.15) is 56.3 Å². The Balaban J connectivity index is 1.24. The van der Waals surface area contributed by atoms with Crippen LogP contribution in [0.15, 0.2) is 18.2 Å². The number of hydrogen-bond acceptors (Lipinski definition) is 11. The van der Waals surface area contributed by atoms with Gasteiger partial charge in [-0.25, -0.2) is 9.69 Å². The van der Waals surface area contributed by atoms with Gasteiger partial charge in [-0.2, -0.15) is 0 Å². The van der Waals surface area contributed by atoms with Crippen molar-refractivity contribution in [2.24, 2.45) is 40.4 Å². The molecular formula is C37H49IN2O10. The van der Waals surface area contributed by atoms with Crippen LogP contribution in [0.2, 0.25) is 0 Å². The van der Waals surface area contributed by atoms with Crippen LogP contribution in [0.4, 0.5) is 5.69 Å². The Morgan fingerprint density at radius 1 is 1.08 bits per heavy atom. The second kappa shape index (κ2) is 11.9. The molecule has 12 nitrogen and oxygen atoms in total. The summed E-state index contributed by atoms with van der Waals surface area (Å²) in [6.07, 6.45) is 0.792. The Kier molecular flexibility index (Phi) is 8.40. The van der Waals surface area contributed by atoms with Crippen molar-refractivity contribution in [3.63, 3.8) is 0 Å². The second-order valence-electron chi connectivity index (χ2n) is 16.1. The predicted octanol–water partition coefficient (Wildman–Crippen LogP) is 2.64. The number of esters is 1. The standard InChI is InChI=1S/C37H49IN2O10/c1-7-39-16-34(17-50-32(43)20-13-19(38)8-9-23(20)40-26(41)12-18(2)31(40)42)11-10-25(47-4)36-22-14-21-24(46-3)15-35(44,27(22)28(21)48-5)37(45,33(36)39)30(49-6)29(34)36/h8-9,13,18,21-22,24-25,27-30,33,44-45H,7,10-12,14-17H2,1-6H3/t18-,21+,22+,24-,25-,27+,28-,29+,30-,33-,34-,35+,36-,37-/m0/s1/i38-2. The monoisotopic (exact) mass is 806 g/mol. The van der Waals surface area contributed by atoms with Crippen molar-refractivity contribution in [1.82, 2.24) is 4.90 Å². The van der Waals surface area contributed by atoms with Gasteiger partial charge in [-0.15, -0.1) is 0 Å². The summed E-state index contributed by atoms with van der Waals surface area (Å²) in [6, 6.07) is 4.59. The zero-order valence-corrected chi connectivity index (χ0v) is 31.8. The molecule has 7 fully saturated rings. The summed E-state index contributed by atoms with van der Waals surface area (Å²) in [5.74, 6) is -2.49. The number of carbonyl (C=O) groups excluding carboxylic acids is 3. The number of halogens is 1. The normalized spacial score (nSPS) is 47.3. The molecule has 7 aliphatic rings. The minimum absolute atomic E-state index is 0.0324. The number of ether oxygens (including phenoxy) is 5. The minimum Gasteiger partial charge on any atom is -0.461 e. The highest BCUT2D eigenvalue weighted by molar-refractivity contribution is 14.1. The van der Waals surface area contributed by atoms with E-state index in [1.807, 2.05) is 0 Å². The molecule has 2 N–H and O–H groups in total. The molecule has 0 radical (unpaired) electrons. The SMILES string of the molecule is CCN1C[C@]2(COC(=O)c3cc([125I])ccc3N3C(=O)C[C@H](C)C3=O)CC[C@H](OC)[C@@]34[C@@H]5C[C@H]6[C@H](OC)[C@@H]5[C@](O)(C[C@@H]6OC)[C@](O)([C@@H](OC)[C@H]23)[C@@H]14. The maximum Gasteiger partial charge on any atom is 0.340 e. The Bertz CT molecular complexity index is 1610. The maximum atomic E-state index is 14.2. The molecule has 50 heavy (non-hydrogen) atoms. The fraction of sp³-hybridized carbons (Fsp3) is 0.757. The van der Waals surface area contributed by atoms with E-state index in [0.717, 1.165) is 14.9 Å². The first-order valence-electron chi connectivity index (χ1n) is 18.0. The van der Waals surface area contributed by atoms with Crippen molar-refractivity contribution in [3.05, 3.63) is 27.3 Å². The number of rotatable bonds is 9. The van der Waals surface area contributed by atoms with E-state index in [2.05, 4.69) is 34.4 Å². The first-order chi connectivity index (χ1) is 23.8. The first-order valence-corrected chi connectivity index (χ1v) is 19.1. The molecular weight excluding hydrogens is 757 g/mol. The quantitative estimate of drug-likeness (QED) is 0.216. The van der Waals surface area contributed by atoms with E-state index in [1.165, 1.54) is 0 Å². The number of likely N-dealkylation sites (tertiary alicyclic amines) is 1. The summed E-state index contributed by atoms with van der Waals surface area (Å²) < 4.78 is 32.2. The molecule has 2 saturated heterocycles. The van der Waals surface area contributed by atoms with E-state index < -0.39 is 46.1 Å². The van der Waals surface area contributed by atoms with E-state index in [0.29, 0.717) is 25.9 Å².